The summed E-state index contributed by atoms with van der Waals surface area (Å²) in [5, 5.41) is 11.8. The molecule has 9 rings (SSSR count). The molecule has 2 unspecified atom stereocenters. The van der Waals surface area contributed by atoms with E-state index in [1.165, 1.54) is 24.3 Å². The summed E-state index contributed by atoms with van der Waals surface area (Å²) < 4.78 is 60.0. The zero-order valence-corrected chi connectivity index (χ0v) is 26.7. The number of phenolic OH excluding ortho intramolecular Hbond substituents is 1. The molecular weight excluding hydrogens is 619 g/mol. The van der Waals surface area contributed by atoms with E-state index in [9.17, 15) is 9.50 Å². The number of anilines is 1. The molecule has 11 heteroatoms. The molecular formula is C37H36F3N5O3. The minimum Gasteiger partial charge on any atom is -0.508 e. The van der Waals surface area contributed by atoms with Gasteiger partial charge in [-0.2, -0.15) is 9.97 Å². The normalized spacial score (nSPS) is 27.3. The van der Waals surface area contributed by atoms with Gasteiger partial charge in [-0.15, -0.1) is 6.42 Å². The number of fused-ring (bicyclic) bond motifs is 5. The number of terminal acetylenes is 1. The van der Waals surface area contributed by atoms with Crippen LogP contribution in [0.4, 0.5) is 19.0 Å². The van der Waals surface area contributed by atoms with Crippen molar-refractivity contribution in [1.29, 1.82) is 0 Å². The van der Waals surface area contributed by atoms with Crippen LogP contribution < -0.4 is 14.4 Å². The van der Waals surface area contributed by atoms with Crippen molar-refractivity contribution in [3.05, 3.63) is 41.5 Å². The Kier molecular flexibility index (Phi) is 6.58. The van der Waals surface area contributed by atoms with Crippen molar-refractivity contribution in [1.82, 2.24) is 19.9 Å². The van der Waals surface area contributed by atoms with Gasteiger partial charge in [0, 0.05) is 30.5 Å². The Morgan fingerprint density at radius 1 is 1.08 bits per heavy atom. The number of benzene rings is 2. The first-order valence-electron chi connectivity index (χ1n) is 17.0. The quantitative estimate of drug-likeness (QED) is 0.244. The highest BCUT2D eigenvalue weighted by molar-refractivity contribution is 6.04. The molecule has 1 saturated carbocycles. The Balaban J connectivity index is 1.27. The number of phenols is 1. The van der Waals surface area contributed by atoms with Crippen LogP contribution in [0.1, 0.15) is 63.9 Å². The average Bonchev–Trinajstić information content (AvgIpc) is 3.71. The first-order valence-corrected chi connectivity index (χ1v) is 17.0. The van der Waals surface area contributed by atoms with Crippen LogP contribution in [0.5, 0.6) is 17.6 Å². The van der Waals surface area contributed by atoms with Crippen LogP contribution in [-0.2, 0) is 0 Å². The Morgan fingerprint density at radius 2 is 1.94 bits per heavy atom. The van der Waals surface area contributed by atoms with E-state index >= 15 is 8.78 Å². The molecule has 1 N–H and O–H groups in total. The minimum absolute atomic E-state index is 0.00181. The highest BCUT2D eigenvalue weighted by Crippen LogP contribution is 2.54. The van der Waals surface area contributed by atoms with Crippen LogP contribution in [0.3, 0.4) is 0 Å². The van der Waals surface area contributed by atoms with Crippen LogP contribution in [0.2, 0.25) is 0 Å². The van der Waals surface area contributed by atoms with Gasteiger partial charge in [0.05, 0.1) is 17.1 Å². The number of rotatable bonds is 4. The molecule has 1 aliphatic carbocycles. The topological polar surface area (TPSA) is 83.8 Å². The van der Waals surface area contributed by atoms with Gasteiger partial charge in [-0.1, -0.05) is 18.9 Å². The molecule has 4 atom stereocenters. The number of ether oxygens (including phenoxy) is 2. The van der Waals surface area contributed by atoms with Crippen LogP contribution in [0, 0.1) is 29.9 Å². The second kappa shape index (κ2) is 10.6. The number of aromatic nitrogens is 3. The first kappa shape index (κ1) is 29.8. The summed E-state index contributed by atoms with van der Waals surface area (Å²) in [4.78, 5) is 18.8. The van der Waals surface area contributed by atoms with Gasteiger partial charge in [0.2, 0.25) is 5.88 Å². The Labute approximate surface area is 276 Å². The van der Waals surface area contributed by atoms with Gasteiger partial charge in [0.15, 0.2) is 5.82 Å². The maximum Gasteiger partial charge on any atom is 0.319 e. The number of halogens is 3. The predicted octanol–water partition coefficient (Wildman–Crippen LogP) is 6.69. The maximum absolute atomic E-state index is 17.2. The fraction of sp³-hybridized carbons (Fsp3) is 0.486. The zero-order chi connectivity index (χ0) is 32.9. The number of aromatic hydroxyl groups is 1. The number of hydrogen-bond donors (Lipinski definition) is 1. The summed E-state index contributed by atoms with van der Waals surface area (Å²) in [7, 11) is 0. The van der Waals surface area contributed by atoms with Crippen molar-refractivity contribution < 1.29 is 27.8 Å². The standard InChI is InChI=1S/C37H36F3N5O3/c1-3-24-26(39)7-6-21-15-23(46)16-25(28(21)24)31-30(40)32-29-33(43-35(42-32)47-19-36-10-4-13-44(36)18-22(38)17-36)45-14-9-20(2)5-8-27(45)37(11-12-37)48-34(29)41-31/h1,6-7,15-16,20,22,27,46H,4-5,8-14,17-19H2,2H3/t20?,22-,27?,36+/m1/s1. The Hall–Kier alpha value is -4.30. The van der Waals surface area contributed by atoms with Crippen molar-refractivity contribution in [3.8, 4) is 41.2 Å². The molecule has 6 heterocycles. The third-order valence-corrected chi connectivity index (χ3v) is 11.5. The minimum atomic E-state index is -0.925. The zero-order valence-electron chi connectivity index (χ0n) is 26.7. The monoisotopic (exact) mass is 655 g/mol. The van der Waals surface area contributed by atoms with E-state index in [2.05, 4.69) is 27.6 Å². The van der Waals surface area contributed by atoms with Crippen molar-refractivity contribution in [3.63, 3.8) is 0 Å². The Morgan fingerprint density at radius 3 is 2.75 bits per heavy atom. The van der Waals surface area contributed by atoms with Gasteiger partial charge in [-0.05, 0) is 81.0 Å². The number of pyridine rings is 1. The van der Waals surface area contributed by atoms with Gasteiger partial charge in [-0.25, -0.2) is 18.2 Å². The number of nitrogens with zero attached hydrogens (tertiary/aromatic N) is 5. The van der Waals surface area contributed by atoms with Gasteiger partial charge in [0.1, 0.15) is 52.4 Å². The Bertz CT molecular complexity index is 2050. The lowest BCUT2D eigenvalue weighted by Gasteiger charge is -2.34. The molecule has 2 aromatic heterocycles. The van der Waals surface area contributed by atoms with Crippen molar-refractivity contribution in [2.24, 2.45) is 5.92 Å². The molecule has 48 heavy (non-hydrogen) atoms. The summed E-state index contributed by atoms with van der Waals surface area (Å²) in [6, 6.07) is 5.50. The van der Waals surface area contributed by atoms with Gasteiger partial charge in [0.25, 0.3) is 0 Å². The smallest absolute Gasteiger partial charge is 0.319 e. The van der Waals surface area contributed by atoms with Gasteiger partial charge < -0.3 is 19.5 Å². The van der Waals surface area contributed by atoms with E-state index in [0.29, 0.717) is 42.0 Å². The maximum atomic E-state index is 17.2. The lowest BCUT2D eigenvalue weighted by Crippen LogP contribution is -2.47. The summed E-state index contributed by atoms with van der Waals surface area (Å²) in [5.74, 6) is 2.02. The van der Waals surface area contributed by atoms with E-state index in [1.807, 2.05) is 0 Å². The molecule has 4 aromatic rings. The first-order chi connectivity index (χ1) is 23.2. The van der Waals surface area contributed by atoms with Crippen molar-refractivity contribution >= 4 is 27.5 Å². The molecule has 248 valence electrons. The lowest BCUT2D eigenvalue weighted by molar-refractivity contribution is 0.107. The second-order valence-corrected chi connectivity index (χ2v) is 14.5. The number of hydrogen-bond acceptors (Lipinski definition) is 8. The van der Waals surface area contributed by atoms with Crippen LogP contribution >= 0.6 is 0 Å². The molecule has 1 spiro atoms. The van der Waals surface area contributed by atoms with Gasteiger partial charge >= 0.3 is 6.01 Å². The summed E-state index contributed by atoms with van der Waals surface area (Å²) in [5.41, 5.74) is -1.13. The summed E-state index contributed by atoms with van der Waals surface area (Å²) >= 11 is 0. The largest absolute Gasteiger partial charge is 0.508 e. The van der Waals surface area contributed by atoms with E-state index in [4.69, 9.17) is 25.9 Å². The summed E-state index contributed by atoms with van der Waals surface area (Å²) in [6.07, 6.45) is 11.4. The molecule has 0 amide bonds. The molecule has 3 saturated heterocycles. The third kappa shape index (κ3) is 4.44. The van der Waals surface area contributed by atoms with E-state index in [-0.39, 0.29) is 58.0 Å². The van der Waals surface area contributed by atoms with Crippen molar-refractivity contribution in [2.45, 2.75) is 81.6 Å². The number of alkyl halides is 1. The van der Waals surface area contributed by atoms with Crippen LogP contribution in [-0.4, -0.2) is 74.6 Å². The van der Waals surface area contributed by atoms with E-state index in [0.717, 1.165) is 51.5 Å². The fourth-order valence-electron chi connectivity index (χ4n) is 8.91. The molecule has 0 bridgehead atoms. The predicted molar refractivity (Wildman–Crippen MR) is 175 cm³/mol. The average molecular weight is 656 g/mol. The highest BCUT2D eigenvalue weighted by Gasteiger charge is 2.57. The SMILES string of the molecule is C#Cc1c(F)ccc2cc(O)cc(-c3nc4c5c(nc(OC[C@@]67CCCN6C[C@H](F)C7)nc5c3F)N3CCC(C)CCC3C3(CC3)O4)c12. The van der Waals surface area contributed by atoms with E-state index < -0.39 is 28.9 Å². The van der Waals surface area contributed by atoms with Crippen LogP contribution in [0.25, 0.3) is 32.9 Å². The van der Waals surface area contributed by atoms with Crippen molar-refractivity contribution in [2.75, 3.05) is 31.1 Å². The third-order valence-electron chi connectivity index (χ3n) is 11.5. The fourth-order valence-corrected chi connectivity index (χ4v) is 8.91. The summed E-state index contributed by atoms with van der Waals surface area (Å²) in [6.45, 7) is 4.33. The lowest BCUT2D eigenvalue weighted by atomic mass is 9.95. The molecule has 0 radical (unpaired) electrons. The molecule has 8 nitrogen and oxygen atoms in total. The van der Waals surface area contributed by atoms with E-state index in [1.54, 1.807) is 0 Å². The second-order valence-electron chi connectivity index (χ2n) is 14.5. The molecule has 4 fully saturated rings. The molecule has 5 aliphatic rings. The van der Waals surface area contributed by atoms with Crippen LogP contribution in [0.15, 0.2) is 24.3 Å². The molecule has 2 aromatic carbocycles. The highest BCUT2D eigenvalue weighted by atomic mass is 19.1. The molecule has 4 aliphatic heterocycles. The van der Waals surface area contributed by atoms with Gasteiger partial charge in [-0.3, -0.25) is 4.90 Å².